The van der Waals surface area contributed by atoms with E-state index in [0.29, 0.717) is 28.5 Å². The Bertz CT molecular complexity index is 1920. The van der Waals surface area contributed by atoms with E-state index in [9.17, 15) is 14.3 Å². The number of para-hydroxylation sites is 1. The molecule has 3 atom stereocenters. The van der Waals surface area contributed by atoms with Crippen molar-refractivity contribution in [2.75, 3.05) is 5.32 Å². The van der Waals surface area contributed by atoms with Gasteiger partial charge in [-0.1, -0.05) is 51.1 Å². The van der Waals surface area contributed by atoms with Crippen LogP contribution in [0.5, 0.6) is 0 Å². The molecule has 0 saturated heterocycles. The third-order valence-corrected chi connectivity index (χ3v) is 8.90. The molecule has 1 amide bonds. The molecule has 5 aromatic rings. The summed E-state index contributed by atoms with van der Waals surface area (Å²) in [6, 6.07) is 19.5. The number of carbonyl (C=O) groups excluding carboxylic acids is 1. The second-order valence-electron chi connectivity index (χ2n) is 11.7. The van der Waals surface area contributed by atoms with Crippen molar-refractivity contribution in [3.8, 4) is 17.3 Å². The van der Waals surface area contributed by atoms with E-state index in [1.165, 1.54) is 22.3 Å². The molecule has 0 bridgehead atoms. The maximum absolute atomic E-state index is 15.3. The number of rotatable bonds is 12. The van der Waals surface area contributed by atoms with Gasteiger partial charge in [0.25, 0.3) is 0 Å². The fraction of sp³-hybridized carbons (Fsp3) is 0.286. The molecule has 0 saturated carbocycles. The van der Waals surface area contributed by atoms with Crippen molar-refractivity contribution in [2.24, 2.45) is 0 Å². The van der Waals surface area contributed by atoms with Crippen molar-refractivity contribution in [1.29, 1.82) is 5.26 Å². The van der Waals surface area contributed by atoms with Crippen LogP contribution in [0.15, 0.2) is 78.4 Å². The fourth-order valence-corrected chi connectivity index (χ4v) is 6.08. The highest BCUT2D eigenvalue weighted by Gasteiger charge is 2.42. The van der Waals surface area contributed by atoms with E-state index in [1.807, 2.05) is 32.0 Å². The van der Waals surface area contributed by atoms with Gasteiger partial charge in [-0.3, -0.25) is 5.32 Å². The largest absolute Gasteiger partial charge is 0.438 e. The van der Waals surface area contributed by atoms with Gasteiger partial charge in [-0.05, 0) is 48.9 Å². The van der Waals surface area contributed by atoms with E-state index in [1.54, 1.807) is 49.6 Å². The van der Waals surface area contributed by atoms with Crippen LogP contribution >= 0.6 is 11.3 Å². The van der Waals surface area contributed by atoms with Crippen LogP contribution in [-0.4, -0.2) is 37.0 Å². The van der Waals surface area contributed by atoms with Crippen LogP contribution in [-0.2, 0) is 23.4 Å². The number of benzene rings is 3. The van der Waals surface area contributed by atoms with Gasteiger partial charge in [0.15, 0.2) is 11.9 Å². The monoisotopic (exact) mass is 671 g/mol. The van der Waals surface area contributed by atoms with Gasteiger partial charge in [0, 0.05) is 40.7 Å². The molecule has 0 fully saturated rings. The van der Waals surface area contributed by atoms with Crippen molar-refractivity contribution in [1.82, 2.24) is 25.1 Å². The van der Waals surface area contributed by atoms with E-state index in [4.69, 9.17) is 15.0 Å². The topological polar surface area (TPSA) is 138 Å². The summed E-state index contributed by atoms with van der Waals surface area (Å²) in [5.41, 5.74) is 1.08. The van der Waals surface area contributed by atoms with Crippen molar-refractivity contribution in [3.63, 3.8) is 0 Å². The minimum atomic E-state index is -2.02. The molecule has 0 aliphatic carbocycles. The van der Waals surface area contributed by atoms with Gasteiger partial charge in [0.2, 0.25) is 0 Å². The number of aromatic nitrogens is 4. The van der Waals surface area contributed by atoms with Crippen LogP contribution in [0.25, 0.3) is 11.3 Å². The number of amides is 1. The highest BCUT2D eigenvalue weighted by atomic mass is 32.1. The number of aliphatic hydroxyl groups is 1. The van der Waals surface area contributed by atoms with E-state index >= 15 is 4.39 Å². The lowest BCUT2D eigenvalue weighted by Crippen LogP contribution is -2.38. The SMILES string of the molecule is CC(C)NCc1ccccc1NC(=O)OC(C)c1ncn(C[C@](O)(c2cc(F)ccc2F)[C@@H](C)c2nc(-c3ccc(C#N)cc3)cs2)n1. The number of nitriles is 1. The standard InChI is InChI=1S/C35H35F2N7O3S/c1-21(2)39-17-26-7-5-6-8-30(26)42-34(45)47-23(4)32-40-20-44(43-32)19-35(46,28-15-27(36)13-14-29(28)37)22(3)33-41-31(18-48-33)25-11-9-24(16-38)10-12-25/h5-15,18,20-23,39,46H,17,19H2,1-4H3,(H,42,45)/t22-,23?,35+/m0/s1. The number of nitrogens with one attached hydrogen (secondary N) is 2. The van der Waals surface area contributed by atoms with Crippen molar-refractivity contribution >= 4 is 23.1 Å². The molecule has 0 spiro atoms. The molecule has 5 rings (SSSR count). The summed E-state index contributed by atoms with van der Waals surface area (Å²) in [5, 5.41) is 34.1. The number of hydrogen-bond donors (Lipinski definition) is 3. The Kier molecular flexibility index (Phi) is 10.6. The summed E-state index contributed by atoms with van der Waals surface area (Å²) in [4.78, 5) is 21.8. The number of thiazole rings is 1. The Labute approximate surface area is 281 Å². The summed E-state index contributed by atoms with van der Waals surface area (Å²) < 4.78 is 36.6. The lowest BCUT2D eigenvalue weighted by Gasteiger charge is -2.33. The van der Waals surface area contributed by atoms with Crippen molar-refractivity contribution < 1.29 is 23.4 Å². The Morgan fingerprint density at radius 2 is 1.85 bits per heavy atom. The van der Waals surface area contributed by atoms with Gasteiger partial charge >= 0.3 is 6.09 Å². The average Bonchev–Trinajstić information content (AvgIpc) is 3.75. The summed E-state index contributed by atoms with van der Waals surface area (Å²) in [6.45, 7) is 7.58. The lowest BCUT2D eigenvalue weighted by molar-refractivity contribution is -0.0117. The molecule has 2 heterocycles. The van der Waals surface area contributed by atoms with Crippen LogP contribution < -0.4 is 10.6 Å². The molecule has 0 aliphatic heterocycles. The molecule has 13 heteroatoms. The Hall–Kier alpha value is -5.03. The van der Waals surface area contributed by atoms with Gasteiger partial charge in [-0.15, -0.1) is 11.3 Å². The Morgan fingerprint density at radius 1 is 1.10 bits per heavy atom. The number of carbonyl (C=O) groups is 1. The van der Waals surface area contributed by atoms with Gasteiger partial charge in [-0.2, -0.15) is 10.4 Å². The number of ether oxygens (including phenoxy) is 1. The van der Waals surface area contributed by atoms with Crippen molar-refractivity contribution in [3.05, 3.63) is 118 Å². The van der Waals surface area contributed by atoms with E-state index in [-0.39, 0.29) is 24.0 Å². The first-order valence-corrected chi connectivity index (χ1v) is 16.2. The second kappa shape index (κ2) is 14.8. The zero-order valence-electron chi connectivity index (χ0n) is 26.8. The minimum Gasteiger partial charge on any atom is -0.438 e. The summed E-state index contributed by atoms with van der Waals surface area (Å²) >= 11 is 1.26. The number of halogens is 2. The first kappa shape index (κ1) is 34.3. The number of anilines is 1. The zero-order valence-corrected chi connectivity index (χ0v) is 27.6. The molecular weight excluding hydrogens is 636 g/mol. The normalized spacial score (nSPS) is 13.8. The molecule has 0 aliphatic rings. The fourth-order valence-electron chi connectivity index (χ4n) is 5.11. The molecule has 3 N–H and O–H groups in total. The molecule has 10 nitrogen and oxygen atoms in total. The maximum Gasteiger partial charge on any atom is 0.412 e. The van der Waals surface area contributed by atoms with E-state index < -0.39 is 35.4 Å². The van der Waals surface area contributed by atoms with Crippen LogP contribution in [0.1, 0.15) is 67.2 Å². The van der Waals surface area contributed by atoms with Gasteiger partial charge in [-0.25, -0.2) is 28.2 Å². The van der Waals surface area contributed by atoms with Crippen LogP contribution in [0.2, 0.25) is 0 Å². The second-order valence-corrected chi connectivity index (χ2v) is 12.6. The average molecular weight is 672 g/mol. The zero-order chi connectivity index (χ0) is 34.4. The highest BCUT2D eigenvalue weighted by molar-refractivity contribution is 7.10. The molecule has 248 valence electrons. The van der Waals surface area contributed by atoms with Crippen molar-refractivity contribution in [2.45, 2.75) is 64.4 Å². The molecule has 1 unspecified atom stereocenters. The first-order chi connectivity index (χ1) is 23.0. The minimum absolute atomic E-state index is 0.145. The molecule has 3 aromatic carbocycles. The molecule has 2 aromatic heterocycles. The Morgan fingerprint density at radius 3 is 2.58 bits per heavy atom. The lowest BCUT2D eigenvalue weighted by atomic mass is 9.82. The summed E-state index contributed by atoms with van der Waals surface area (Å²) in [6.07, 6.45) is -0.249. The summed E-state index contributed by atoms with van der Waals surface area (Å²) in [7, 11) is 0. The third-order valence-electron chi connectivity index (χ3n) is 7.87. The first-order valence-electron chi connectivity index (χ1n) is 15.3. The van der Waals surface area contributed by atoms with Crippen LogP contribution in [0.4, 0.5) is 19.3 Å². The third kappa shape index (κ3) is 7.91. The molecular formula is C35H35F2N7O3S. The predicted octanol–water partition coefficient (Wildman–Crippen LogP) is 7.05. The van der Waals surface area contributed by atoms with E-state index in [0.717, 1.165) is 29.3 Å². The van der Waals surface area contributed by atoms with Gasteiger partial charge in [0.1, 0.15) is 23.6 Å². The van der Waals surface area contributed by atoms with Gasteiger partial charge < -0.3 is 15.2 Å². The van der Waals surface area contributed by atoms with Crippen LogP contribution in [0, 0.1) is 23.0 Å². The van der Waals surface area contributed by atoms with Gasteiger partial charge in [0.05, 0.1) is 28.9 Å². The number of nitrogens with zero attached hydrogens (tertiary/aromatic N) is 5. The van der Waals surface area contributed by atoms with E-state index in [2.05, 4.69) is 26.8 Å². The maximum atomic E-state index is 15.3. The number of hydrogen-bond acceptors (Lipinski definition) is 9. The highest BCUT2D eigenvalue weighted by Crippen LogP contribution is 2.41. The van der Waals surface area contributed by atoms with Crippen LogP contribution in [0.3, 0.4) is 0 Å². The smallest absolute Gasteiger partial charge is 0.412 e. The molecule has 48 heavy (non-hydrogen) atoms. The summed E-state index contributed by atoms with van der Waals surface area (Å²) in [5.74, 6) is -2.20. The quantitative estimate of drug-likeness (QED) is 0.128. The Balaban J connectivity index is 1.35. The predicted molar refractivity (Wildman–Crippen MR) is 178 cm³/mol. The molecule has 0 radical (unpaired) electrons.